The first-order valence-electron chi connectivity index (χ1n) is 7.79. The van der Waals surface area contributed by atoms with E-state index in [1.807, 2.05) is 33.8 Å². The maximum atomic E-state index is 12.2. The van der Waals surface area contributed by atoms with Crippen molar-refractivity contribution in [2.24, 2.45) is 5.73 Å². The van der Waals surface area contributed by atoms with Crippen LogP contribution in [0.15, 0.2) is 12.1 Å². The predicted octanol–water partition coefficient (Wildman–Crippen LogP) is 2.84. The fraction of sp³-hybridized carbons (Fsp3) is 0.588. The molecule has 2 N–H and O–H groups in total. The summed E-state index contributed by atoms with van der Waals surface area (Å²) in [4.78, 5) is 14.0. The Bertz CT molecular complexity index is 550. The van der Waals surface area contributed by atoms with Crippen molar-refractivity contribution in [1.29, 1.82) is 0 Å². The van der Waals surface area contributed by atoms with Gasteiger partial charge in [0.15, 0.2) is 0 Å². The first-order valence-corrected chi connectivity index (χ1v) is 7.79. The fourth-order valence-electron chi connectivity index (χ4n) is 2.57. The average Bonchev–Trinajstić information content (AvgIpc) is 2.44. The van der Waals surface area contributed by atoms with E-state index in [0.29, 0.717) is 26.2 Å². The summed E-state index contributed by atoms with van der Waals surface area (Å²) >= 11 is 0. The van der Waals surface area contributed by atoms with Crippen LogP contribution in [0.5, 0.6) is 5.75 Å². The zero-order valence-corrected chi connectivity index (χ0v) is 13.9. The summed E-state index contributed by atoms with van der Waals surface area (Å²) in [7, 11) is 0. The third-order valence-electron chi connectivity index (χ3n) is 3.57. The molecule has 122 valence electrons. The number of benzene rings is 1. The van der Waals surface area contributed by atoms with Crippen LogP contribution in [0, 0.1) is 0 Å². The van der Waals surface area contributed by atoms with Crippen LogP contribution in [0.25, 0.3) is 0 Å². The van der Waals surface area contributed by atoms with Crippen molar-refractivity contribution in [2.45, 2.75) is 52.8 Å². The number of rotatable bonds is 3. The number of fused-ring (bicyclic) bond motifs is 1. The lowest BCUT2D eigenvalue weighted by atomic mass is 9.96. The van der Waals surface area contributed by atoms with Crippen LogP contribution >= 0.6 is 0 Å². The molecule has 0 fully saturated rings. The highest BCUT2D eigenvalue weighted by molar-refractivity contribution is 5.68. The quantitative estimate of drug-likeness (QED) is 0.932. The van der Waals surface area contributed by atoms with E-state index < -0.39 is 5.60 Å². The van der Waals surface area contributed by atoms with Gasteiger partial charge in [-0.2, -0.15) is 0 Å². The Labute approximate surface area is 132 Å². The van der Waals surface area contributed by atoms with E-state index >= 15 is 0 Å². The smallest absolute Gasteiger partial charge is 0.410 e. The van der Waals surface area contributed by atoms with E-state index in [-0.39, 0.29) is 6.09 Å². The van der Waals surface area contributed by atoms with E-state index in [1.165, 1.54) is 5.56 Å². The molecule has 0 aromatic heterocycles. The van der Waals surface area contributed by atoms with Gasteiger partial charge in [0.05, 0.1) is 6.61 Å². The van der Waals surface area contributed by atoms with Gasteiger partial charge in [0.25, 0.3) is 0 Å². The van der Waals surface area contributed by atoms with E-state index in [2.05, 4.69) is 6.07 Å². The molecule has 0 unspecified atom stereocenters. The molecular formula is C17H26N2O3. The van der Waals surface area contributed by atoms with Gasteiger partial charge in [0, 0.05) is 25.2 Å². The van der Waals surface area contributed by atoms with E-state index in [1.54, 1.807) is 4.90 Å². The molecule has 0 bridgehead atoms. The zero-order chi connectivity index (χ0) is 16.3. The number of hydrogen-bond acceptors (Lipinski definition) is 4. The van der Waals surface area contributed by atoms with Gasteiger partial charge in [-0.15, -0.1) is 0 Å². The second-order valence-corrected chi connectivity index (χ2v) is 6.52. The second kappa shape index (κ2) is 6.57. The van der Waals surface area contributed by atoms with Crippen molar-refractivity contribution in [3.05, 3.63) is 28.8 Å². The van der Waals surface area contributed by atoms with Gasteiger partial charge >= 0.3 is 6.09 Å². The molecule has 5 nitrogen and oxygen atoms in total. The van der Waals surface area contributed by atoms with Crippen LogP contribution < -0.4 is 10.5 Å². The number of amides is 1. The molecule has 5 heteroatoms. The molecule has 1 aromatic carbocycles. The van der Waals surface area contributed by atoms with Gasteiger partial charge in [0.2, 0.25) is 0 Å². The minimum Gasteiger partial charge on any atom is -0.494 e. The molecule has 0 saturated heterocycles. The Balaban J connectivity index is 2.19. The second-order valence-electron chi connectivity index (χ2n) is 6.52. The summed E-state index contributed by atoms with van der Waals surface area (Å²) in [6.45, 7) is 9.86. The van der Waals surface area contributed by atoms with Crippen molar-refractivity contribution in [3.8, 4) is 5.75 Å². The van der Waals surface area contributed by atoms with Gasteiger partial charge < -0.3 is 20.1 Å². The number of carbonyl (C=O) groups is 1. The number of hydrogen-bond donors (Lipinski definition) is 1. The number of nitrogens with two attached hydrogens (primary N) is 1. The van der Waals surface area contributed by atoms with E-state index in [9.17, 15) is 4.79 Å². The highest BCUT2D eigenvalue weighted by atomic mass is 16.6. The number of ether oxygens (including phenoxy) is 2. The molecule has 0 atom stereocenters. The molecule has 1 heterocycles. The molecule has 22 heavy (non-hydrogen) atoms. The lowest BCUT2D eigenvalue weighted by Crippen LogP contribution is -2.40. The minimum absolute atomic E-state index is 0.265. The third-order valence-corrected chi connectivity index (χ3v) is 3.57. The maximum Gasteiger partial charge on any atom is 0.410 e. The Kier molecular flexibility index (Phi) is 4.96. The Morgan fingerprint density at radius 3 is 2.64 bits per heavy atom. The van der Waals surface area contributed by atoms with Crippen LogP contribution in [-0.4, -0.2) is 29.7 Å². The molecule has 0 spiro atoms. The molecule has 0 aliphatic carbocycles. The van der Waals surface area contributed by atoms with Gasteiger partial charge in [-0.05, 0) is 51.3 Å². The van der Waals surface area contributed by atoms with Gasteiger partial charge in [-0.3, -0.25) is 0 Å². The van der Waals surface area contributed by atoms with Crippen LogP contribution in [0.2, 0.25) is 0 Å². The van der Waals surface area contributed by atoms with Gasteiger partial charge in [-0.1, -0.05) is 6.07 Å². The molecule has 1 aromatic rings. The highest BCUT2D eigenvalue weighted by Crippen LogP contribution is 2.28. The monoisotopic (exact) mass is 306 g/mol. The zero-order valence-electron chi connectivity index (χ0n) is 13.9. The third kappa shape index (κ3) is 3.91. The molecular weight excluding hydrogens is 280 g/mol. The van der Waals surface area contributed by atoms with Crippen LogP contribution in [0.1, 0.15) is 44.4 Å². The van der Waals surface area contributed by atoms with Crippen molar-refractivity contribution >= 4 is 6.09 Å². The lowest BCUT2D eigenvalue weighted by Gasteiger charge is -2.31. The molecule has 0 radical (unpaired) electrons. The molecule has 2 rings (SSSR count). The predicted molar refractivity (Wildman–Crippen MR) is 85.9 cm³/mol. The van der Waals surface area contributed by atoms with E-state index in [0.717, 1.165) is 23.3 Å². The number of nitrogens with zero attached hydrogens (tertiary/aromatic N) is 1. The van der Waals surface area contributed by atoms with E-state index in [4.69, 9.17) is 15.2 Å². The number of carbonyl (C=O) groups excluding carboxylic acids is 1. The summed E-state index contributed by atoms with van der Waals surface area (Å²) in [5, 5.41) is 0. The summed E-state index contributed by atoms with van der Waals surface area (Å²) in [5.74, 6) is 0.815. The summed E-state index contributed by atoms with van der Waals surface area (Å²) < 4.78 is 11.1. The van der Waals surface area contributed by atoms with Crippen LogP contribution in [0.3, 0.4) is 0 Å². The Morgan fingerprint density at radius 1 is 1.32 bits per heavy atom. The Morgan fingerprint density at radius 2 is 2.05 bits per heavy atom. The normalized spacial score (nSPS) is 14.5. The highest BCUT2D eigenvalue weighted by Gasteiger charge is 2.26. The van der Waals surface area contributed by atoms with Crippen molar-refractivity contribution < 1.29 is 14.3 Å². The fourth-order valence-corrected chi connectivity index (χ4v) is 2.57. The lowest BCUT2D eigenvalue weighted by molar-refractivity contribution is 0.0223. The maximum absolute atomic E-state index is 12.2. The first-order chi connectivity index (χ1) is 10.3. The van der Waals surface area contributed by atoms with Crippen LogP contribution in [-0.2, 0) is 24.2 Å². The molecule has 1 aliphatic heterocycles. The SMILES string of the molecule is CCOc1cc2c(cc1CN)CCN(C(=O)OC(C)(C)C)C2. The minimum atomic E-state index is -0.475. The van der Waals surface area contributed by atoms with Gasteiger partial charge in [0.1, 0.15) is 11.4 Å². The standard InChI is InChI=1S/C17H26N2O3/c1-5-21-15-9-14-11-19(16(20)22-17(2,3)4)7-6-12(14)8-13(15)10-18/h8-9H,5-7,10-11,18H2,1-4H3. The van der Waals surface area contributed by atoms with Gasteiger partial charge in [-0.25, -0.2) is 4.79 Å². The van der Waals surface area contributed by atoms with Crippen LogP contribution in [0.4, 0.5) is 4.79 Å². The van der Waals surface area contributed by atoms with Crippen molar-refractivity contribution in [2.75, 3.05) is 13.2 Å². The molecule has 0 saturated carbocycles. The molecule has 1 aliphatic rings. The Hall–Kier alpha value is -1.75. The van der Waals surface area contributed by atoms with Crippen molar-refractivity contribution in [3.63, 3.8) is 0 Å². The largest absolute Gasteiger partial charge is 0.494 e. The first kappa shape index (κ1) is 16.6. The summed E-state index contributed by atoms with van der Waals surface area (Å²) in [6, 6.07) is 4.12. The summed E-state index contributed by atoms with van der Waals surface area (Å²) in [6.07, 6.45) is 0.549. The summed E-state index contributed by atoms with van der Waals surface area (Å²) in [5.41, 5.74) is 8.69. The average molecular weight is 306 g/mol. The topological polar surface area (TPSA) is 64.8 Å². The van der Waals surface area contributed by atoms with Crippen molar-refractivity contribution in [1.82, 2.24) is 4.90 Å². The molecule has 1 amide bonds.